The van der Waals surface area contributed by atoms with E-state index in [1.165, 1.54) is 6.07 Å². The Morgan fingerprint density at radius 2 is 1.89 bits per heavy atom. The number of benzene rings is 3. The second-order valence-electron chi connectivity index (χ2n) is 6.17. The molecule has 1 aromatic heterocycles. The predicted octanol–water partition coefficient (Wildman–Crippen LogP) is 4.42. The summed E-state index contributed by atoms with van der Waals surface area (Å²) in [5.74, 6) is 0.634. The lowest BCUT2D eigenvalue weighted by Gasteiger charge is -2.13. The minimum atomic E-state index is -0.398. The molecule has 134 valence electrons. The fourth-order valence-corrected chi connectivity index (χ4v) is 3.03. The number of fused-ring (bicyclic) bond motifs is 1. The number of aromatic nitrogens is 3. The van der Waals surface area contributed by atoms with E-state index in [4.69, 9.17) is 4.74 Å². The smallest absolute Gasteiger partial charge is 0.276 e. The number of nitro groups is 1. The summed E-state index contributed by atoms with van der Waals surface area (Å²) in [6.07, 6.45) is 0. The van der Waals surface area contributed by atoms with Crippen LogP contribution < -0.4 is 4.74 Å². The highest BCUT2D eigenvalue weighted by Crippen LogP contribution is 2.35. The first-order valence-electron chi connectivity index (χ1n) is 8.39. The molecule has 3 aromatic carbocycles. The van der Waals surface area contributed by atoms with Crippen LogP contribution in [0.4, 0.5) is 5.69 Å². The van der Waals surface area contributed by atoms with Crippen LogP contribution in [-0.2, 0) is 6.61 Å². The highest BCUT2D eigenvalue weighted by molar-refractivity contribution is 5.93. The number of ether oxygens (including phenoxy) is 1. The molecule has 7 heteroatoms. The quantitative estimate of drug-likeness (QED) is 0.420. The number of rotatable bonds is 5. The summed E-state index contributed by atoms with van der Waals surface area (Å²) in [5, 5.41) is 22.2. The molecule has 4 aromatic rings. The maximum atomic E-state index is 11.2. The van der Waals surface area contributed by atoms with Gasteiger partial charge in [-0.05, 0) is 31.2 Å². The van der Waals surface area contributed by atoms with Gasteiger partial charge >= 0.3 is 0 Å². The predicted molar refractivity (Wildman–Crippen MR) is 101 cm³/mol. The Balaban J connectivity index is 1.73. The van der Waals surface area contributed by atoms with E-state index >= 15 is 0 Å². The molecule has 1 heterocycles. The number of H-pyrrole nitrogens is 1. The van der Waals surface area contributed by atoms with Crippen molar-refractivity contribution >= 4 is 16.7 Å². The molecule has 0 atom stereocenters. The van der Waals surface area contributed by atoms with Crippen molar-refractivity contribution < 1.29 is 9.66 Å². The van der Waals surface area contributed by atoms with Crippen molar-refractivity contribution in [3.05, 3.63) is 81.9 Å². The molecule has 7 nitrogen and oxygen atoms in total. The zero-order valence-electron chi connectivity index (χ0n) is 14.5. The van der Waals surface area contributed by atoms with E-state index in [1.807, 2.05) is 43.3 Å². The zero-order valence-corrected chi connectivity index (χ0v) is 14.5. The average Bonchev–Trinajstić information content (AvgIpc) is 3.16. The van der Waals surface area contributed by atoms with Crippen LogP contribution in [0.1, 0.15) is 11.1 Å². The molecule has 0 aliphatic carbocycles. The maximum Gasteiger partial charge on any atom is 0.276 e. The molecule has 0 saturated heterocycles. The minimum absolute atomic E-state index is 0.0461. The molecule has 0 unspecified atom stereocenters. The molecular weight excluding hydrogens is 344 g/mol. The van der Waals surface area contributed by atoms with Crippen LogP contribution in [0.2, 0.25) is 0 Å². The first-order chi connectivity index (χ1) is 13.1. The van der Waals surface area contributed by atoms with Crippen LogP contribution in [0.5, 0.6) is 5.75 Å². The lowest BCUT2D eigenvalue weighted by molar-refractivity contribution is -0.385. The average molecular weight is 360 g/mol. The van der Waals surface area contributed by atoms with Crippen LogP contribution in [0.3, 0.4) is 0 Å². The van der Waals surface area contributed by atoms with Gasteiger partial charge in [-0.2, -0.15) is 15.4 Å². The summed E-state index contributed by atoms with van der Waals surface area (Å²) in [7, 11) is 0. The molecule has 0 bridgehead atoms. The molecule has 1 N–H and O–H groups in total. The van der Waals surface area contributed by atoms with Crippen LogP contribution in [0, 0.1) is 17.0 Å². The van der Waals surface area contributed by atoms with Gasteiger partial charge in [-0.25, -0.2) is 0 Å². The highest BCUT2D eigenvalue weighted by Gasteiger charge is 2.16. The number of nitrogens with one attached hydrogen (secondary N) is 1. The first kappa shape index (κ1) is 16.7. The Morgan fingerprint density at radius 1 is 1.04 bits per heavy atom. The second kappa shape index (κ2) is 6.87. The molecule has 0 radical (unpaired) electrons. The summed E-state index contributed by atoms with van der Waals surface area (Å²) < 4.78 is 5.99. The molecule has 0 aliphatic heterocycles. The molecule has 27 heavy (non-hydrogen) atoms. The van der Waals surface area contributed by atoms with Crippen molar-refractivity contribution in [2.75, 3.05) is 0 Å². The van der Waals surface area contributed by atoms with Gasteiger partial charge in [0.05, 0.1) is 10.5 Å². The van der Waals surface area contributed by atoms with Gasteiger partial charge in [0.25, 0.3) is 5.69 Å². The third kappa shape index (κ3) is 3.22. The minimum Gasteiger partial charge on any atom is -0.488 e. The van der Waals surface area contributed by atoms with E-state index in [0.717, 1.165) is 27.7 Å². The van der Waals surface area contributed by atoms with Crippen LogP contribution >= 0.6 is 0 Å². The van der Waals surface area contributed by atoms with Gasteiger partial charge in [0.2, 0.25) is 0 Å². The maximum absolute atomic E-state index is 11.2. The molecule has 0 amide bonds. The van der Waals surface area contributed by atoms with E-state index in [9.17, 15) is 10.1 Å². The summed E-state index contributed by atoms with van der Waals surface area (Å²) in [5.41, 5.74) is 4.91. The van der Waals surface area contributed by atoms with Gasteiger partial charge in [-0.3, -0.25) is 10.1 Å². The number of aromatic amines is 1. The van der Waals surface area contributed by atoms with E-state index in [-0.39, 0.29) is 12.3 Å². The van der Waals surface area contributed by atoms with Crippen LogP contribution in [0.25, 0.3) is 22.2 Å². The highest BCUT2D eigenvalue weighted by atomic mass is 16.6. The third-order valence-corrected chi connectivity index (χ3v) is 4.34. The van der Waals surface area contributed by atoms with Gasteiger partial charge in [0.15, 0.2) is 0 Å². The Morgan fingerprint density at radius 3 is 2.74 bits per heavy atom. The first-order valence-corrected chi connectivity index (χ1v) is 8.39. The molecule has 0 fully saturated rings. The van der Waals surface area contributed by atoms with Crippen LogP contribution in [-0.4, -0.2) is 20.3 Å². The second-order valence-corrected chi connectivity index (χ2v) is 6.17. The van der Waals surface area contributed by atoms with Crippen molar-refractivity contribution in [3.8, 4) is 16.9 Å². The SMILES string of the molecule is Cc1ccc(OCc2ccccc2[N+](=O)[O-])c(-c2cccc3n[nH]nc23)c1. The molecule has 0 aliphatic rings. The number of hydrogen-bond donors (Lipinski definition) is 1. The lowest BCUT2D eigenvalue weighted by atomic mass is 10.0. The Labute approximate surface area is 154 Å². The van der Waals surface area contributed by atoms with Crippen LogP contribution in [0.15, 0.2) is 60.7 Å². The topological polar surface area (TPSA) is 93.9 Å². The number of para-hydroxylation sites is 2. The Hall–Kier alpha value is -3.74. The van der Waals surface area contributed by atoms with Gasteiger partial charge in [-0.1, -0.05) is 35.9 Å². The summed E-state index contributed by atoms with van der Waals surface area (Å²) in [6, 6.07) is 18.2. The van der Waals surface area contributed by atoms with E-state index in [0.29, 0.717) is 11.3 Å². The molecule has 4 rings (SSSR count). The number of nitro benzene ring substituents is 1. The summed E-state index contributed by atoms with van der Waals surface area (Å²) >= 11 is 0. The monoisotopic (exact) mass is 360 g/mol. The van der Waals surface area contributed by atoms with Gasteiger partial charge in [0, 0.05) is 17.2 Å². The van der Waals surface area contributed by atoms with E-state index < -0.39 is 4.92 Å². The number of hydrogen-bond acceptors (Lipinski definition) is 5. The van der Waals surface area contributed by atoms with Gasteiger partial charge in [0.1, 0.15) is 23.4 Å². The zero-order chi connectivity index (χ0) is 18.8. The van der Waals surface area contributed by atoms with Gasteiger partial charge < -0.3 is 4.74 Å². The van der Waals surface area contributed by atoms with E-state index in [1.54, 1.807) is 18.2 Å². The van der Waals surface area contributed by atoms with Crippen molar-refractivity contribution in [1.82, 2.24) is 15.4 Å². The van der Waals surface area contributed by atoms with Gasteiger partial charge in [-0.15, -0.1) is 0 Å². The van der Waals surface area contributed by atoms with Crippen molar-refractivity contribution in [2.45, 2.75) is 13.5 Å². The molecule has 0 spiro atoms. The number of nitrogens with zero attached hydrogens (tertiary/aromatic N) is 3. The van der Waals surface area contributed by atoms with Crippen molar-refractivity contribution in [2.24, 2.45) is 0 Å². The van der Waals surface area contributed by atoms with Crippen molar-refractivity contribution in [3.63, 3.8) is 0 Å². The Kier molecular flexibility index (Phi) is 4.25. The van der Waals surface area contributed by atoms with Crippen molar-refractivity contribution in [1.29, 1.82) is 0 Å². The molecular formula is C20H16N4O3. The number of aryl methyl sites for hydroxylation is 1. The normalized spacial score (nSPS) is 10.9. The molecule has 0 saturated carbocycles. The third-order valence-electron chi connectivity index (χ3n) is 4.34. The largest absolute Gasteiger partial charge is 0.488 e. The summed E-state index contributed by atoms with van der Waals surface area (Å²) in [4.78, 5) is 10.8. The van der Waals surface area contributed by atoms with E-state index in [2.05, 4.69) is 15.4 Å². The summed E-state index contributed by atoms with van der Waals surface area (Å²) in [6.45, 7) is 2.10. The Bertz CT molecular complexity index is 1140. The standard InChI is InChI=1S/C20H16N4O3/c1-13-9-10-19(27-12-14-5-2-3-8-18(14)24(25)26)16(11-13)15-6-4-7-17-20(15)22-23-21-17/h2-11H,12H2,1H3,(H,21,22,23). The lowest BCUT2D eigenvalue weighted by Crippen LogP contribution is -2.01. The fourth-order valence-electron chi connectivity index (χ4n) is 3.03. The fraction of sp³-hybridized carbons (Fsp3) is 0.100.